The Morgan fingerprint density at radius 3 is 2.52 bits per heavy atom. The molecule has 1 saturated heterocycles. The van der Waals surface area contributed by atoms with Crippen molar-refractivity contribution >= 4 is 40.0 Å². The lowest BCUT2D eigenvalue weighted by molar-refractivity contribution is 0.0691. The molecule has 174 valence electrons. The highest BCUT2D eigenvalue weighted by molar-refractivity contribution is 6.29. The number of hydrogen-bond acceptors (Lipinski definition) is 5. The predicted octanol–water partition coefficient (Wildman–Crippen LogP) is 6.40. The molecular weight excluding hydrogens is 436 g/mol. The largest absolute Gasteiger partial charge is 0.476 e. The number of halogens is 1. The molecule has 3 heterocycles. The van der Waals surface area contributed by atoms with Gasteiger partial charge in [-0.2, -0.15) is 0 Å². The standard InChI is InChI=1S/C26H31ClN4O2/c1-15-12-18-16(2)14-22(31-10-8-26(4,5)9-11-31)30-23(18)19(13-15)17(3)28-20-6-7-21(27)29-24(20)25(32)33/h6-7,12-14,17,28H,8-11H2,1-5H3,(H,32,33)/t17-/m0/s1. The van der Waals surface area contributed by atoms with Gasteiger partial charge < -0.3 is 15.3 Å². The molecule has 4 rings (SSSR count). The van der Waals surface area contributed by atoms with Crippen LogP contribution in [0.3, 0.4) is 0 Å². The third-order valence-electron chi connectivity index (χ3n) is 6.62. The highest BCUT2D eigenvalue weighted by atomic mass is 35.5. The van der Waals surface area contributed by atoms with E-state index < -0.39 is 5.97 Å². The Labute approximate surface area is 200 Å². The number of benzene rings is 1. The molecule has 1 aromatic carbocycles. The van der Waals surface area contributed by atoms with E-state index in [4.69, 9.17) is 16.6 Å². The third kappa shape index (κ3) is 4.91. The molecule has 6 nitrogen and oxygen atoms in total. The molecular formula is C26H31ClN4O2. The molecule has 0 radical (unpaired) electrons. The minimum atomic E-state index is -1.12. The summed E-state index contributed by atoms with van der Waals surface area (Å²) in [5.41, 5.74) is 5.01. The first-order valence-electron chi connectivity index (χ1n) is 11.4. The first-order valence-corrected chi connectivity index (χ1v) is 11.7. The summed E-state index contributed by atoms with van der Waals surface area (Å²) in [4.78, 5) is 23.2. The summed E-state index contributed by atoms with van der Waals surface area (Å²) >= 11 is 5.92. The topological polar surface area (TPSA) is 78.3 Å². The van der Waals surface area contributed by atoms with E-state index in [9.17, 15) is 9.90 Å². The van der Waals surface area contributed by atoms with Gasteiger partial charge in [-0.05, 0) is 68.9 Å². The maximum Gasteiger partial charge on any atom is 0.356 e. The zero-order valence-corrected chi connectivity index (χ0v) is 20.6. The number of anilines is 2. The van der Waals surface area contributed by atoms with Gasteiger partial charge in [0.2, 0.25) is 0 Å². The van der Waals surface area contributed by atoms with Crippen LogP contribution in [0.15, 0.2) is 30.3 Å². The second-order valence-corrected chi connectivity index (χ2v) is 10.3. The monoisotopic (exact) mass is 466 g/mol. The second kappa shape index (κ2) is 8.82. The molecule has 2 aromatic heterocycles. The van der Waals surface area contributed by atoms with Crippen LogP contribution in [0.2, 0.25) is 5.15 Å². The second-order valence-electron chi connectivity index (χ2n) is 9.90. The zero-order chi connectivity index (χ0) is 23.9. The van der Waals surface area contributed by atoms with Crippen LogP contribution in [0.5, 0.6) is 0 Å². The Bertz CT molecular complexity index is 1210. The fourth-order valence-electron chi connectivity index (χ4n) is 4.51. The molecule has 1 aliphatic heterocycles. The van der Waals surface area contributed by atoms with Crippen LogP contribution in [0.1, 0.15) is 66.8 Å². The fourth-order valence-corrected chi connectivity index (χ4v) is 4.66. The summed E-state index contributed by atoms with van der Waals surface area (Å²) in [6, 6.07) is 9.55. The highest BCUT2D eigenvalue weighted by Crippen LogP contribution is 2.35. The Hall–Kier alpha value is -2.86. The Morgan fingerprint density at radius 2 is 1.85 bits per heavy atom. The van der Waals surface area contributed by atoms with Gasteiger partial charge in [0.25, 0.3) is 0 Å². The van der Waals surface area contributed by atoms with Crippen molar-refractivity contribution in [1.82, 2.24) is 9.97 Å². The van der Waals surface area contributed by atoms with Gasteiger partial charge in [0.1, 0.15) is 11.0 Å². The third-order valence-corrected chi connectivity index (χ3v) is 6.83. The first kappa shape index (κ1) is 23.3. The van der Waals surface area contributed by atoms with Crippen molar-refractivity contribution in [3.8, 4) is 0 Å². The number of aromatic carboxylic acids is 1. The molecule has 7 heteroatoms. The van der Waals surface area contributed by atoms with Crippen molar-refractivity contribution in [2.45, 2.75) is 53.5 Å². The van der Waals surface area contributed by atoms with E-state index in [1.54, 1.807) is 12.1 Å². The van der Waals surface area contributed by atoms with Gasteiger partial charge in [-0.1, -0.05) is 37.1 Å². The number of hydrogen-bond donors (Lipinski definition) is 2. The summed E-state index contributed by atoms with van der Waals surface area (Å²) in [7, 11) is 0. The number of piperidine rings is 1. The Morgan fingerprint density at radius 1 is 1.15 bits per heavy atom. The molecule has 0 spiro atoms. The van der Waals surface area contributed by atoms with Crippen molar-refractivity contribution in [3.63, 3.8) is 0 Å². The van der Waals surface area contributed by atoms with Crippen LogP contribution in [-0.4, -0.2) is 34.1 Å². The molecule has 1 atom stereocenters. The summed E-state index contributed by atoms with van der Waals surface area (Å²) < 4.78 is 0. The smallest absolute Gasteiger partial charge is 0.356 e. The van der Waals surface area contributed by atoms with Crippen molar-refractivity contribution in [3.05, 3.63) is 57.9 Å². The molecule has 0 bridgehead atoms. The summed E-state index contributed by atoms with van der Waals surface area (Å²) in [6.07, 6.45) is 2.29. The predicted molar refractivity (Wildman–Crippen MR) is 135 cm³/mol. The quantitative estimate of drug-likeness (QED) is 0.423. The molecule has 3 aromatic rings. The van der Waals surface area contributed by atoms with Crippen LogP contribution >= 0.6 is 11.6 Å². The average Bonchev–Trinajstić information content (AvgIpc) is 2.74. The SMILES string of the molecule is Cc1cc([C@H](C)Nc2ccc(Cl)nc2C(=O)O)c2nc(N3CCC(C)(C)CC3)cc(C)c2c1. The minimum Gasteiger partial charge on any atom is -0.476 e. The fraction of sp³-hybridized carbons (Fsp3) is 0.423. The van der Waals surface area contributed by atoms with Crippen molar-refractivity contribution in [2.24, 2.45) is 5.41 Å². The number of nitrogens with zero attached hydrogens (tertiary/aromatic N) is 3. The number of aromatic nitrogens is 2. The number of carbonyl (C=O) groups is 1. The lowest BCUT2D eigenvalue weighted by Gasteiger charge is -2.37. The number of fused-ring (bicyclic) bond motifs is 1. The molecule has 0 amide bonds. The molecule has 0 unspecified atom stereocenters. The van der Waals surface area contributed by atoms with Crippen LogP contribution < -0.4 is 10.2 Å². The number of rotatable bonds is 5. The van der Waals surface area contributed by atoms with Gasteiger partial charge in [0.05, 0.1) is 17.2 Å². The van der Waals surface area contributed by atoms with Gasteiger partial charge in [-0.15, -0.1) is 0 Å². The number of carboxylic acids is 1. The number of pyridine rings is 2. The molecule has 33 heavy (non-hydrogen) atoms. The van der Waals surface area contributed by atoms with Crippen molar-refractivity contribution < 1.29 is 9.90 Å². The number of aryl methyl sites for hydroxylation is 2. The van der Waals surface area contributed by atoms with Crippen molar-refractivity contribution in [2.75, 3.05) is 23.3 Å². The Kier molecular flexibility index (Phi) is 6.23. The van der Waals surface area contributed by atoms with Gasteiger partial charge >= 0.3 is 5.97 Å². The lowest BCUT2D eigenvalue weighted by atomic mass is 9.82. The molecule has 1 fully saturated rings. The van der Waals surface area contributed by atoms with E-state index in [2.05, 4.69) is 61.1 Å². The summed E-state index contributed by atoms with van der Waals surface area (Å²) in [6.45, 7) is 12.9. The number of carboxylic acid groups (broad SMARTS) is 1. The van der Waals surface area contributed by atoms with E-state index in [0.29, 0.717) is 11.1 Å². The molecule has 1 aliphatic rings. The molecule has 2 N–H and O–H groups in total. The number of nitrogens with one attached hydrogen (secondary N) is 1. The maximum absolute atomic E-state index is 11.7. The van der Waals surface area contributed by atoms with Gasteiger partial charge in [0.15, 0.2) is 5.69 Å². The van der Waals surface area contributed by atoms with Crippen molar-refractivity contribution in [1.29, 1.82) is 0 Å². The average molecular weight is 467 g/mol. The molecule has 0 aliphatic carbocycles. The lowest BCUT2D eigenvalue weighted by Crippen LogP contribution is -2.37. The molecule has 0 saturated carbocycles. The zero-order valence-electron chi connectivity index (χ0n) is 19.9. The van der Waals surface area contributed by atoms with E-state index in [1.807, 2.05) is 6.92 Å². The summed E-state index contributed by atoms with van der Waals surface area (Å²) in [5, 5.41) is 14.2. The van der Waals surface area contributed by atoms with Gasteiger partial charge in [-0.3, -0.25) is 0 Å². The van der Waals surface area contributed by atoms with E-state index in [1.165, 1.54) is 5.56 Å². The van der Waals surface area contributed by atoms with Crippen LogP contribution in [0.25, 0.3) is 10.9 Å². The van der Waals surface area contributed by atoms with E-state index in [0.717, 1.165) is 53.8 Å². The van der Waals surface area contributed by atoms with Gasteiger partial charge in [-0.25, -0.2) is 14.8 Å². The highest BCUT2D eigenvalue weighted by Gasteiger charge is 2.27. The van der Waals surface area contributed by atoms with Crippen LogP contribution in [0, 0.1) is 19.3 Å². The normalized spacial score (nSPS) is 16.6. The van der Waals surface area contributed by atoms with E-state index >= 15 is 0 Å². The minimum absolute atomic E-state index is 0.0907. The maximum atomic E-state index is 11.7. The van der Waals surface area contributed by atoms with Gasteiger partial charge in [0, 0.05) is 24.0 Å². The Balaban J connectivity index is 1.74. The van der Waals surface area contributed by atoms with Crippen LogP contribution in [0.4, 0.5) is 11.5 Å². The first-order chi connectivity index (χ1) is 15.5. The summed E-state index contributed by atoms with van der Waals surface area (Å²) in [5.74, 6) is -0.113. The van der Waals surface area contributed by atoms with Crippen LogP contribution in [-0.2, 0) is 0 Å². The van der Waals surface area contributed by atoms with E-state index in [-0.39, 0.29) is 16.9 Å².